The maximum atomic E-state index is 9.28. The van der Waals surface area contributed by atoms with Gasteiger partial charge in [-0.2, -0.15) is 0 Å². The largest absolute Gasteiger partial charge is 0.489 e. The Morgan fingerprint density at radius 3 is 2.94 bits per heavy atom. The van der Waals surface area contributed by atoms with Crippen LogP contribution >= 0.6 is 0 Å². The van der Waals surface area contributed by atoms with E-state index in [1.54, 1.807) is 6.20 Å². The van der Waals surface area contributed by atoms with Gasteiger partial charge in [-0.15, -0.1) is 0 Å². The fourth-order valence-corrected chi connectivity index (χ4v) is 4.10. The van der Waals surface area contributed by atoms with Crippen LogP contribution in [0.25, 0.3) is 11.0 Å². The molecule has 0 radical (unpaired) electrons. The topological polar surface area (TPSA) is 70.8 Å². The highest BCUT2D eigenvalue weighted by Crippen LogP contribution is 2.35. The van der Waals surface area contributed by atoms with E-state index in [2.05, 4.69) is 52.5 Å². The number of nitrogens with one attached hydrogen (secondary N) is 1. The fraction of sp³-hybridized carbons (Fsp3) is 0.240. The summed E-state index contributed by atoms with van der Waals surface area (Å²) >= 11 is 0. The van der Waals surface area contributed by atoms with E-state index in [1.165, 1.54) is 16.5 Å². The van der Waals surface area contributed by atoms with Crippen LogP contribution in [-0.4, -0.2) is 29.8 Å². The number of anilines is 3. The van der Waals surface area contributed by atoms with E-state index in [1.807, 2.05) is 24.5 Å². The maximum Gasteiger partial charge on any atom is 0.144 e. The van der Waals surface area contributed by atoms with Gasteiger partial charge in [-0.25, -0.2) is 0 Å². The number of ether oxygens (including phenoxy) is 1. The normalized spacial score (nSPS) is 13.2. The van der Waals surface area contributed by atoms with E-state index in [0.29, 0.717) is 12.3 Å². The Labute approximate surface area is 181 Å². The van der Waals surface area contributed by atoms with Crippen LogP contribution in [0.1, 0.15) is 16.8 Å². The van der Waals surface area contributed by atoms with Crippen molar-refractivity contribution in [1.29, 1.82) is 0 Å². The van der Waals surface area contributed by atoms with Crippen molar-refractivity contribution in [2.75, 3.05) is 29.9 Å². The highest BCUT2D eigenvalue weighted by Gasteiger charge is 2.19. The van der Waals surface area contributed by atoms with Crippen molar-refractivity contribution in [1.82, 2.24) is 4.98 Å². The summed E-state index contributed by atoms with van der Waals surface area (Å²) in [5.41, 5.74) is 6.94. The number of para-hydroxylation sites is 1. The Bertz CT molecular complexity index is 1220. The lowest BCUT2D eigenvalue weighted by molar-refractivity contribution is 0.277. The Morgan fingerprint density at radius 2 is 2.03 bits per heavy atom. The molecule has 2 N–H and O–H groups in total. The van der Waals surface area contributed by atoms with E-state index >= 15 is 0 Å². The first-order valence-corrected chi connectivity index (χ1v) is 10.5. The summed E-state index contributed by atoms with van der Waals surface area (Å²) in [4.78, 5) is 6.49. The van der Waals surface area contributed by atoms with E-state index in [-0.39, 0.29) is 6.61 Å². The minimum absolute atomic E-state index is 0.0801. The molecule has 5 rings (SSSR count). The molecule has 0 atom stereocenters. The second-order valence-corrected chi connectivity index (χ2v) is 7.80. The summed E-state index contributed by atoms with van der Waals surface area (Å²) < 4.78 is 11.8. The lowest BCUT2D eigenvalue weighted by Gasteiger charge is -2.31. The number of pyridine rings is 1. The SMILES string of the molecule is Cc1cccc2c(CCN3CCOc4cc(Nc5ccnc(CO)c5)ccc43)coc12. The molecular weight excluding hydrogens is 390 g/mol. The zero-order valence-corrected chi connectivity index (χ0v) is 17.5. The first-order valence-electron chi connectivity index (χ1n) is 10.5. The molecule has 0 fully saturated rings. The van der Waals surface area contributed by atoms with Crippen molar-refractivity contribution in [3.05, 3.63) is 77.8 Å². The number of fused-ring (bicyclic) bond motifs is 2. The number of furan rings is 1. The molecule has 6 heteroatoms. The molecule has 4 aromatic rings. The predicted octanol–water partition coefficient (Wildman–Crippen LogP) is 4.81. The van der Waals surface area contributed by atoms with Gasteiger partial charge in [-0.3, -0.25) is 4.98 Å². The van der Waals surface area contributed by atoms with Crippen molar-refractivity contribution in [3.63, 3.8) is 0 Å². The second kappa shape index (κ2) is 8.32. The Hall–Kier alpha value is -3.51. The van der Waals surface area contributed by atoms with Crippen LogP contribution in [-0.2, 0) is 13.0 Å². The van der Waals surface area contributed by atoms with Crippen LogP contribution in [0, 0.1) is 6.92 Å². The standard InChI is InChI=1S/C25H25N3O3/c1-17-3-2-4-22-18(16-31-25(17)22)8-10-28-11-12-30-24-14-19(5-6-23(24)28)27-20-7-9-26-21(13-20)15-29/h2-7,9,13-14,16,29H,8,10-12,15H2,1H3,(H,26,27). The Balaban J connectivity index is 1.32. The molecule has 0 unspecified atom stereocenters. The van der Waals surface area contributed by atoms with Crippen LogP contribution in [0.15, 0.2) is 65.4 Å². The van der Waals surface area contributed by atoms with Crippen molar-refractivity contribution in [3.8, 4) is 5.75 Å². The minimum Gasteiger partial charge on any atom is -0.489 e. The van der Waals surface area contributed by atoms with Crippen LogP contribution in [0.3, 0.4) is 0 Å². The third-order valence-corrected chi connectivity index (χ3v) is 5.71. The number of benzene rings is 2. The summed E-state index contributed by atoms with van der Waals surface area (Å²) in [5, 5.41) is 13.8. The monoisotopic (exact) mass is 415 g/mol. The van der Waals surface area contributed by atoms with E-state index in [9.17, 15) is 5.11 Å². The Kier molecular flexibility index (Phi) is 5.22. The molecule has 0 aliphatic carbocycles. The summed E-state index contributed by atoms with van der Waals surface area (Å²) in [6.45, 7) is 4.42. The zero-order valence-electron chi connectivity index (χ0n) is 17.5. The number of hydrogen-bond donors (Lipinski definition) is 2. The fourth-order valence-electron chi connectivity index (χ4n) is 4.10. The summed E-state index contributed by atoms with van der Waals surface area (Å²) in [7, 11) is 0. The molecule has 1 aliphatic rings. The molecule has 31 heavy (non-hydrogen) atoms. The van der Waals surface area contributed by atoms with Gasteiger partial charge in [0.2, 0.25) is 0 Å². The third kappa shape index (κ3) is 3.94. The molecule has 1 aliphatic heterocycles. The van der Waals surface area contributed by atoms with E-state index < -0.39 is 0 Å². The molecule has 3 heterocycles. The average Bonchev–Trinajstić information content (AvgIpc) is 3.22. The number of aliphatic hydroxyl groups is 1. The number of aryl methyl sites for hydroxylation is 1. The number of nitrogens with zero attached hydrogens (tertiary/aromatic N) is 2. The third-order valence-electron chi connectivity index (χ3n) is 5.71. The molecule has 0 saturated carbocycles. The van der Waals surface area contributed by atoms with Gasteiger partial charge < -0.3 is 24.5 Å². The lowest BCUT2D eigenvalue weighted by atomic mass is 10.1. The van der Waals surface area contributed by atoms with Crippen LogP contribution in [0.4, 0.5) is 17.1 Å². The van der Waals surface area contributed by atoms with E-state index in [4.69, 9.17) is 9.15 Å². The molecule has 0 saturated heterocycles. The van der Waals surface area contributed by atoms with Gasteiger partial charge in [-0.1, -0.05) is 18.2 Å². The van der Waals surface area contributed by atoms with Crippen LogP contribution in [0.2, 0.25) is 0 Å². The molecule has 0 spiro atoms. The smallest absolute Gasteiger partial charge is 0.144 e. The molecule has 6 nitrogen and oxygen atoms in total. The van der Waals surface area contributed by atoms with Crippen molar-refractivity contribution in [2.24, 2.45) is 0 Å². The molecular formula is C25H25N3O3. The van der Waals surface area contributed by atoms with Gasteiger partial charge in [0, 0.05) is 35.6 Å². The zero-order chi connectivity index (χ0) is 21.2. The molecule has 0 amide bonds. The first kappa shape index (κ1) is 19.5. The molecule has 2 aromatic carbocycles. The second-order valence-electron chi connectivity index (χ2n) is 7.80. The van der Waals surface area contributed by atoms with Crippen LogP contribution in [0.5, 0.6) is 5.75 Å². The van der Waals surface area contributed by atoms with Crippen molar-refractivity contribution < 1.29 is 14.3 Å². The quantitative estimate of drug-likeness (QED) is 0.471. The lowest BCUT2D eigenvalue weighted by Crippen LogP contribution is -2.34. The van der Waals surface area contributed by atoms with Gasteiger partial charge in [0.25, 0.3) is 0 Å². The van der Waals surface area contributed by atoms with Gasteiger partial charge in [0.1, 0.15) is 17.9 Å². The number of aliphatic hydroxyl groups excluding tert-OH is 1. The van der Waals surface area contributed by atoms with Gasteiger partial charge in [0.05, 0.1) is 30.8 Å². The molecule has 0 bridgehead atoms. The molecule has 158 valence electrons. The minimum atomic E-state index is -0.0801. The van der Waals surface area contributed by atoms with Gasteiger partial charge in [0.15, 0.2) is 0 Å². The highest BCUT2D eigenvalue weighted by molar-refractivity contribution is 5.83. The predicted molar refractivity (Wildman–Crippen MR) is 122 cm³/mol. The van der Waals surface area contributed by atoms with Gasteiger partial charge >= 0.3 is 0 Å². The Morgan fingerprint density at radius 1 is 1.13 bits per heavy atom. The number of rotatable bonds is 6. The number of hydrogen-bond acceptors (Lipinski definition) is 6. The maximum absolute atomic E-state index is 9.28. The van der Waals surface area contributed by atoms with Crippen molar-refractivity contribution >= 4 is 28.0 Å². The van der Waals surface area contributed by atoms with E-state index in [0.717, 1.165) is 47.9 Å². The number of aromatic nitrogens is 1. The summed E-state index contributed by atoms with van der Waals surface area (Å²) in [5.74, 6) is 0.876. The average molecular weight is 415 g/mol. The summed E-state index contributed by atoms with van der Waals surface area (Å²) in [6.07, 6.45) is 4.49. The first-order chi connectivity index (χ1) is 15.2. The van der Waals surface area contributed by atoms with Gasteiger partial charge in [-0.05, 0) is 48.7 Å². The van der Waals surface area contributed by atoms with Crippen LogP contribution < -0.4 is 15.0 Å². The summed E-state index contributed by atoms with van der Waals surface area (Å²) in [6, 6.07) is 16.2. The highest BCUT2D eigenvalue weighted by atomic mass is 16.5. The van der Waals surface area contributed by atoms with Crippen molar-refractivity contribution in [2.45, 2.75) is 20.0 Å². The molecule has 2 aromatic heterocycles.